The second kappa shape index (κ2) is 22.4. The Hall–Kier alpha value is -2.77. The maximum Gasteiger partial charge on any atom is 0.332 e. The smallest absolute Gasteiger partial charge is 0.332 e. The summed E-state index contributed by atoms with van der Waals surface area (Å²) in [4.78, 5) is 20.3. The van der Waals surface area contributed by atoms with Crippen molar-refractivity contribution in [2.75, 3.05) is 33.9 Å². The first-order chi connectivity index (χ1) is 25.3. The van der Waals surface area contributed by atoms with Gasteiger partial charge in [-0.1, -0.05) is 116 Å². The molecule has 0 unspecified atom stereocenters. The molecule has 1 aliphatic rings. The first-order valence-electron chi connectivity index (χ1n) is 20.9. The van der Waals surface area contributed by atoms with Crippen molar-refractivity contribution >= 4 is 17.0 Å². The summed E-state index contributed by atoms with van der Waals surface area (Å²) in [6, 6.07) is 13.8. The number of unbranched alkanes of at least 4 members (excludes halogenated alkanes) is 13. The predicted octanol–water partition coefficient (Wildman–Crippen LogP) is 11.2. The number of para-hydroxylation sites is 2. The molecule has 0 amide bonds. The minimum absolute atomic E-state index is 0.00847. The lowest BCUT2D eigenvalue weighted by Crippen LogP contribution is -2.49. The van der Waals surface area contributed by atoms with Crippen LogP contribution in [0.4, 0.5) is 4.39 Å². The fourth-order valence-electron chi connectivity index (χ4n) is 8.68. The molecule has 6 nitrogen and oxygen atoms in total. The number of benzene rings is 2. The Bertz CT molecular complexity index is 1470. The van der Waals surface area contributed by atoms with Gasteiger partial charge in [0.15, 0.2) is 0 Å². The molecule has 4 rings (SSSR count). The Balaban J connectivity index is 1.19. The van der Waals surface area contributed by atoms with Crippen molar-refractivity contribution in [1.29, 1.82) is 0 Å². The number of carbonyl (C=O) groups is 1. The lowest BCUT2D eigenvalue weighted by molar-refractivity contribution is -0.172. The van der Waals surface area contributed by atoms with E-state index in [1.54, 1.807) is 12.1 Å². The van der Waals surface area contributed by atoms with Gasteiger partial charge in [0.05, 0.1) is 11.0 Å². The van der Waals surface area contributed by atoms with Crippen LogP contribution in [0.2, 0.25) is 0 Å². The summed E-state index contributed by atoms with van der Waals surface area (Å²) in [6.07, 6.45) is 22.8. The fourth-order valence-corrected chi connectivity index (χ4v) is 8.68. The molecule has 0 bridgehead atoms. The number of aryl methyl sites for hydroxylation is 3. The van der Waals surface area contributed by atoms with Gasteiger partial charge >= 0.3 is 5.97 Å². The number of halogens is 1. The average molecular weight is 720 g/mol. The van der Waals surface area contributed by atoms with Gasteiger partial charge in [-0.15, -0.1) is 0 Å². The maximum absolute atomic E-state index is 14.1. The van der Waals surface area contributed by atoms with E-state index < -0.39 is 5.60 Å². The van der Waals surface area contributed by atoms with Gasteiger partial charge in [-0.3, -0.25) is 0 Å². The highest BCUT2D eigenvalue weighted by molar-refractivity contribution is 5.76. The first kappa shape index (κ1) is 42.0. The summed E-state index contributed by atoms with van der Waals surface area (Å²) in [5.41, 5.74) is 3.95. The largest absolute Gasteiger partial charge is 0.457 e. The summed E-state index contributed by atoms with van der Waals surface area (Å²) < 4.78 is 28.1. The van der Waals surface area contributed by atoms with Crippen molar-refractivity contribution in [2.45, 2.75) is 161 Å². The van der Waals surface area contributed by atoms with Crippen molar-refractivity contribution in [3.8, 4) is 0 Å². The number of nitrogens with zero attached hydrogens (tertiary/aromatic N) is 3. The van der Waals surface area contributed by atoms with Gasteiger partial charge in [0.25, 0.3) is 0 Å². The van der Waals surface area contributed by atoms with Gasteiger partial charge in [-0.05, 0) is 87.0 Å². The number of aromatic nitrogens is 2. The Morgan fingerprint density at radius 1 is 0.923 bits per heavy atom. The molecule has 2 aromatic carbocycles. The van der Waals surface area contributed by atoms with E-state index in [0.29, 0.717) is 12.8 Å². The van der Waals surface area contributed by atoms with E-state index in [2.05, 4.69) is 61.6 Å². The zero-order valence-electron chi connectivity index (χ0n) is 33.4. The van der Waals surface area contributed by atoms with Gasteiger partial charge in [0.1, 0.15) is 23.8 Å². The standard InChI is InChI=1S/C45H70FN3O3/c1-6-7-8-9-10-11-12-13-17-22-32-49-41-24-20-19-23-40(41)47-42(49)25-18-15-14-16-21-31-48(4)33-30-45(52-43(50)35-51-5)29-28-37-34-38(46)26-27-39(37)44(45)36(2)3/h19-20,23-24,26-27,34,36,44H,6-18,21-22,25,28-33,35H2,1-5H3/t44-,45-/m0/s1. The molecule has 1 aliphatic carbocycles. The van der Waals surface area contributed by atoms with Crippen LogP contribution < -0.4 is 0 Å². The van der Waals surface area contributed by atoms with Crippen LogP contribution in [0.3, 0.4) is 0 Å². The van der Waals surface area contributed by atoms with E-state index in [-0.39, 0.29) is 30.2 Å². The van der Waals surface area contributed by atoms with Gasteiger partial charge in [-0.2, -0.15) is 0 Å². The Kier molecular flexibility index (Phi) is 18.1. The number of fused-ring (bicyclic) bond motifs is 2. The Morgan fingerprint density at radius 3 is 2.31 bits per heavy atom. The molecule has 0 fully saturated rings. The zero-order chi connectivity index (χ0) is 37.2. The molecule has 0 spiro atoms. The maximum atomic E-state index is 14.1. The van der Waals surface area contributed by atoms with Crippen molar-refractivity contribution in [3.05, 3.63) is 65.2 Å². The highest BCUT2D eigenvalue weighted by Crippen LogP contribution is 2.48. The van der Waals surface area contributed by atoms with Gasteiger partial charge in [0.2, 0.25) is 0 Å². The summed E-state index contributed by atoms with van der Waals surface area (Å²) in [5, 5.41) is 0. The van der Waals surface area contributed by atoms with Crippen LogP contribution in [0, 0.1) is 11.7 Å². The van der Waals surface area contributed by atoms with E-state index in [9.17, 15) is 9.18 Å². The first-order valence-corrected chi connectivity index (χ1v) is 20.9. The number of rotatable bonds is 26. The van der Waals surface area contributed by atoms with E-state index in [1.165, 1.54) is 108 Å². The lowest BCUT2D eigenvalue weighted by Gasteiger charge is -2.47. The quantitative estimate of drug-likeness (QED) is 0.0611. The highest BCUT2D eigenvalue weighted by atomic mass is 19.1. The molecule has 0 radical (unpaired) electrons. The van der Waals surface area contributed by atoms with Gasteiger partial charge < -0.3 is 18.9 Å². The minimum atomic E-state index is -0.632. The molecule has 0 saturated heterocycles. The van der Waals surface area contributed by atoms with Crippen molar-refractivity contribution in [3.63, 3.8) is 0 Å². The summed E-state index contributed by atoms with van der Waals surface area (Å²) >= 11 is 0. The second-order valence-corrected chi connectivity index (χ2v) is 16.0. The van der Waals surface area contributed by atoms with E-state index in [0.717, 1.165) is 55.5 Å². The normalized spacial score (nSPS) is 17.3. The molecule has 0 saturated carbocycles. The monoisotopic (exact) mass is 720 g/mol. The number of esters is 1. The van der Waals surface area contributed by atoms with Crippen LogP contribution in [-0.2, 0) is 33.7 Å². The second-order valence-electron chi connectivity index (χ2n) is 16.0. The molecular formula is C45H70FN3O3. The summed E-state index contributed by atoms with van der Waals surface area (Å²) in [6.45, 7) is 9.53. The third kappa shape index (κ3) is 12.7. The van der Waals surface area contributed by atoms with E-state index >= 15 is 0 Å². The molecule has 290 valence electrons. The number of hydrogen-bond donors (Lipinski definition) is 0. The molecule has 0 aliphatic heterocycles. The molecule has 52 heavy (non-hydrogen) atoms. The van der Waals surface area contributed by atoms with Gasteiger partial charge in [-0.25, -0.2) is 14.2 Å². The SMILES string of the molecule is CCCCCCCCCCCCn1c(CCCCCCCN(C)CC[C@@]2(OC(=O)COC)CCc3cc(F)ccc3[C@@H]2C(C)C)nc2ccccc21. The topological polar surface area (TPSA) is 56.6 Å². The van der Waals surface area contributed by atoms with Crippen LogP contribution in [0.1, 0.15) is 153 Å². The average Bonchev–Trinajstić information content (AvgIpc) is 3.48. The van der Waals surface area contributed by atoms with Crippen molar-refractivity contribution in [2.24, 2.45) is 5.92 Å². The number of hydrogen-bond acceptors (Lipinski definition) is 5. The molecule has 3 aromatic rings. The minimum Gasteiger partial charge on any atom is -0.457 e. The highest BCUT2D eigenvalue weighted by Gasteiger charge is 2.47. The van der Waals surface area contributed by atoms with Gasteiger partial charge in [0, 0.05) is 39.0 Å². The molecule has 2 atom stereocenters. The molecular weight excluding hydrogens is 650 g/mol. The van der Waals surface area contributed by atoms with Crippen molar-refractivity contribution < 1.29 is 18.7 Å². The Morgan fingerprint density at radius 2 is 1.60 bits per heavy atom. The number of carbonyl (C=O) groups excluding carboxylic acids is 1. The molecule has 7 heteroatoms. The molecule has 0 N–H and O–H groups in total. The number of methoxy groups -OCH3 is 1. The summed E-state index contributed by atoms with van der Waals surface area (Å²) in [7, 11) is 3.71. The van der Waals surface area contributed by atoms with Crippen LogP contribution in [0.15, 0.2) is 42.5 Å². The zero-order valence-corrected chi connectivity index (χ0v) is 33.4. The van der Waals surface area contributed by atoms with Crippen LogP contribution in [-0.4, -0.2) is 59.9 Å². The van der Waals surface area contributed by atoms with Crippen molar-refractivity contribution in [1.82, 2.24) is 14.5 Å². The fraction of sp³-hybridized carbons (Fsp3) is 0.689. The third-order valence-electron chi connectivity index (χ3n) is 11.4. The number of imidazole rings is 1. The molecule has 1 heterocycles. The van der Waals surface area contributed by atoms with Crippen LogP contribution in [0.5, 0.6) is 0 Å². The lowest BCUT2D eigenvalue weighted by atomic mass is 9.65. The van der Waals surface area contributed by atoms with E-state index in [4.69, 9.17) is 14.5 Å². The summed E-state index contributed by atoms with van der Waals surface area (Å²) in [5.74, 6) is 0.975. The van der Waals surface area contributed by atoms with Crippen LogP contribution >= 0.6 is 0 Å². The van der Waals surface area contributed by atoms with Crippen LogP contribution in [0.25, 0.3) is 11.0 Å². The predicted molar refractivity (Wildman–Crippen MR) is 213 cm³/mol. The molecule has 1 aromatic heterocycles. The number of ether oxygens (including phenoxy) is 2. The third-order valence-corrected chi connectivity index (χ3v) is 11.4. The Labute approximate surface area is 315 Å². The van der Waals surface area contributed by atoms with E-state index in [1.807, 2.05) is 6.07 Å².